The molecule has 0 spiro atoms. The monoisotopic (exact) mass is 533 g/mol. The fraction of sp³-hybridized carbons (Fsp3) is 0.296. The van der Waals surface area contributed by atoms with Gasteiger partial charge >= 0.3 is 17.3 Å². The molecule has 1 fully saturated rings. The highest BCUT2D eigenvalue weighted by molar-refractivity contribution is 7.13. The van der Waals surface area contributed by atoms with E-state index in [2.05, 4.69) is 15.3 Å². The zero-order chi connectivity index (χ0) is 26.9. The van der Waals surface area contributed by atoms with Crippen molar-refractivity contribution in [2.75, 3.05) is 12.4 Å². The van der Waals surface area contributed by atoms with Crippen molar-refractivity contribution in [3.05, 3.63) is 91.7 Å². The Morgan fingerprint density at radius 3 is 2.37 bits per heavy atom. The van der Waals surface area contributed by atoms with E-state index in [0.717, 1.165) is 20.6 Å². The molecule has 2 heterocycles. The van der Waals surface area contributed by atoms with Crippen molar-refractivity contribution in [1.82, 2.24) is 19.1 Å². The van der Waals surface area contributed by atoms with E-state index in [9.17, 15) is 14.4 Å². The zero-order valence-corrected chi connectivity index (χ0v) is 22.1. The Morgan fingerprint density at radius 1 is 1.05 bits per heavy atom. The van der Waals surface area contributed by atoms with Gasteiger partial charge in [-0.15, -0.1) is 0 Å². The van der Waals surface area contributed by atoms with Gasteiger partial charge in [0.05, 0.1) is 19.1 Å². The normalized spacial score (nSPS) is 13.7. The Kier molecular flexibility index (Phi) is 6.85. The zero-order valence-electron chi connectivity index (χ0n) is 21.3. The molecule has 38 heavy (non-hydrogen) atoms. The molecular weight excluding hydrogens is 506 g/mol. The molecule has 196 valence electrons. The van der Waals surface area contributed by atoms with E-state index in [4.69, 9.17) is 9.47 Å². The number of rotatable bonds is 9. The molecule has 4 aromatic rings. The SMILES string of the molecule is COC(=O)C1(Cn2c(=O)nc(Nc3ccc(Oc4ncc(C)s4)cc3)n(Cc3ccc(C)cc3)c2=O)CC1. The van der Waals surface area contributed by atoms with Crippen LogP contribution < -0.4 is 21.4 Å². The van der Waals surface area contributed by atoms with Gasteiger partial charge in [0.1, 0.15) is 5.75 Å². The first-order valence-electron chi connectivity index (χ1n) is 12.1. The minimum absolute atomic E-state index is 0.0687. The highest BCUT2D eigenvalue weighted by Crippen LogP contribution is 2.47. The number of benzene rings is 2. The third-order valence-corrected chi connectivity index (χ3v) is 7.25. The molecule has 2 aromatic heterocycles. The number of carbonyl (C=O) groups is 1. The molecule has 2 aromatic carbocycles. The second-order valence-corrected chi connectivity index (χ2v) is 10.6. The second kappa shape index (κ2) is 10.3. The third-order valence-electron chi connectivity index (χ3n) is 6.46. The van der Waals surface area contributed by atoms with Crippen LogP contribution in [0.4, 0.5) is 11.6 Å². The van der Waals surface area contributed by atoms with E-state index in [0.29, 0.717) is 29.5 Å². The fourth-order valence-corrected chi connectivity index (χ4v) is 4.72. The molecule has 0 radical (unpaired) electrons. The first kappa shape index (κ1) is 25.4. The molecule has 0 atom stereocenters. The summed E-state index contributed by atoms with van der Waals surface area (Å²) in [6, 6.07) is 14.8. The van der Waals surface area contributed by atoms with Gasteiger partial charge in [0.25, 0.3) is 5.19 Å². The number of aromatic nitrogens is 4. The number of aryl methyl sites for hydroxylation is 2. The van der Waals surface area contributed by atoms with E-state index in [1.54, 1.807) is 30.5 Å². The smallest absolute Gasteiger partial charge is 0.354 e. The largest absolute Gasteiger partial charge is 0.469 e. The number of methoxy groups -OCH3 is 1. The first-order chi connectivity index (χ1) is 18.3. The lowest BCUT2D eigenvalue weighted by Crippen LogP contribution is -2.45. The van der Waals surface area contributed by atoms with Gasteiger partial charge in [-0.1, -0.05) is 41.2 Å². The van der Waals surface area contributed by atoms with E-state index in [1.807, 2.05) is 38.1 Å². The Hall–Kier alpha value is -4.25. The number of nitrogens with zero attached hydrogens (tertiary/aromatic N) is 4. The molecule has 1 aliphatic rings. The van der Waals surface area contributed by atoms with Gasteiger partial charge in [0.15, 0.2) is 0 Å². The van der Waals surface area contributed by atoms with Crippen molar-refractivity contribution in [1.29, 1.82) is 0 Å². The lowest BCUT2D eigenvalue weighted by Gasteiger charge is -2.18. The summed E-state index contributed by atoms with van der Waals surface area (Å²) in [6.45, 7) is 4.05. The molecular formula is C27H27N5O5S. The molecule has 1 aliphatic carbocycles. The Morgan fingerprint density at radius 2 is 1.76 bits per heavy atom. The number of nitrogens with one attached hydrogen (secondary N) is 1. The average molecular weight is 534 g/mol. The quantitative estimate of drug-likeness (QED) is 0.321. The van der Waals surface area contributed by atoms with Crippen LogP contribution in [0.5, 0.6) is 10.9 Å². The standard InChI is InChI=1S/C27H27N5O5S/c1-17-4-6-19(7-5-17)15-31-23(29-20-8-10-21(11-9-20)37-25-28-14-18(2)38-25)30-24(34)32(26(31)35)16-27(12-13-27)22(33)36-3/h4-11,14H,12-13,15-16H2,1-3H3,(H,29,30,34). The first-order valence-corrected chi connectivity index (χ1v) is 12.9. The summed E-state index contributed by atoms with van der Waals surface area (Å²) < 4.78 is 13.1. The highest BCUT2D eigenvalue weighted by Gasteiger charge is 2.52. The molecule has 0 saturated heterocycles. The maximum absolute atomic E-state index is 13.6. The van der Waals surface area contributed by atoms with Gasteiger partial charge in [-0.05, 0) is 56.5 Å². The van der Waals surface area contributed by atoms with Crippen LogP contribution in [0.1, 0.15) is 28.8 Å². The summed E-state index contributed by atoms with van der Waals surface area (Å²) in [4.78, 5) is 48.3. The molecule has 0 bridgehead atoms. The van der Waals surface area contributed by atoms with Gasteiger partial charge < -0.3 is 14.8 Å². The summed E-state index contributed by atoms with van der Waals surface area (Å²) in [5.74, 6) is 0.276. The molecule has 11 heteroatoms. The topological polar surface area (TPSA) is 117 Å². The highest BCUT2D eigenvalue weighted by atomic mass is 32.1. The second-order valence-electron chi connectivity index (χ2n) is 9.42. The van der Waals surface area contributed by atoms with Crippen LogP contribution in [0.15, 0.2) is 64.3 Å². The summed E-state index contributed by atoms with van der Waals surface area (Å²) in [7, 11) is 1.31. The minimum atomic E-state index is -0.859. The van der Waals surface area contributed by atoms with Gasteiger partial charge in [-0.3, -0.25) is 9.36 Å². The summed E-state index contributed by atoms with van der Waals surface area (Å²) in [6.07, 6.45) is 2.85. The van der Waals surface area contributed by atoms with Crippen molar-refractivity contribution >= 4 is 28.9 Å². The number of hydrogen-bond acceptors (Lipinski definition) is 9. The van der Waals surface area contributed by atoms with Crippen molar-refractivity contribution in [2.24, 2.45) is 5.41 Å². The summed E-state index contributed by atoms with van der Waals surface area (Å²) >= 11 is 1.45. The fourth-order valence-electron chi connectivity index (χ4n) is 4.09. The van der Waals surface area contributed by atoms with Gasteiger partial charge in [-0.2, -0.15) is 4.98 Å². The maximum Gasteiger partial charge on any atom is 0.354 e. The molecule has 0 unspecified atom stereocenters. The molecule has 1 N–H and O–H groups in total. The number of ether oxygens (including phenoxy) is 2. The van der Waals surface area contributed by atoms with Crippen molar-refractivity contribution in [2.45, 2.75) is 39.8 Å². The van der Waals surface area contributed by atoms with Crippen LogP contribution >= 0.6 is 11.3 Å². The lowest BCUT2D eigenvalue weighted by molar-refractivity contribution is -0.147. The summed E-state index contributed by atoms with van der Waals surface area (Å²) in [5.41, 5.74) is 0.426. The van der Waals surface area contributed by atoms with E-state index < -0.39 is 22.8 Å². The number of esters is 1. The Labute approximate surface area is 222 Å². The number of thiazole rings is 1. The van der Waals surface area contributed by atoms with Crippen LogP contribution in [-0.2, 0) is 22.6 Å². The van der Waals surface area contributed by atoms with Crippen molar-refractivity contribution < 1.29 is 14.3 Å². The molecule has 0 aliphatic heterocycles. The van der Waals surface area contributed by atoms with Crippen LogP contribution in [0.2, 0.25) is 0 Å². The van der Waals surface area contributed by atoms with Crippen molar-refractivity contribution in [3.8, 4) is 10.9 Å². The van der Waals surface area contributed by atoms with E-state index >= 15 is 0 Å². The van der Waals surface area contributed by atoms with Crippen LogP contribution in [0.3, 0.4) is 0 Å². The minimum Gasteiger partial charge on any atom is -0.469 e. The maximum atomic E-state index is 13.6. The average Bonchev–Trinajstić information content (AvgIpc) is 3.59. The lowest BCUT2D eigenvalue weighted by atomic mass is 10.1. The molecule has 10 nitrogen and oxygen atoms in total. The third kappa shape index (κ3) is 5.37. The Bertz CT molecular complexity index is 1580. The predicted molar refractivity (Wildman–Crippen MR) is 143 cm³/mol. The van der Waals surface area contributed by atoms with E-state index in [1.165, 1.54) is 23.0 Å². The van der Waals surface area contributed by atoms with Crippen LogP contribution in [-0.4, -0.2) is 32.2 Å². The van der Waals surface area contributed by atoms with Crippen LogP contribution in [0.25, 0.3) is 0 Å². The van der Waals surface area contributed by atoms with Gasteiger partial charge in [-0.25, -0.2) is 19.1 Å². The number of anilines is 2. The molecule has 1 saturated carbocycles. The van der Waals surface area contributed by atoms with Gasteiger partial charge in [0, 0.05) is 23.3 Å². The van der Waals surface area contributed by atoms with Gasteiger partial charge in [0.2, 0.25) is 5.95 Å². The van der Waals surface area contributed by atoms with Crippen LogP contribution in [0, 0.1) is 19.3 Å². The Balaban J connectivity index is 1.47. The number of hydrogen-bond donors (Lipinski definition) is 1. The molecule has 0 amide bonds. The van der Waals surface area contributed by atoms with Crippen molar-refractivity contribution in [3.63, 3.8) is 0 Å². The predicted octanol–water partition coefficient (Wildman–Crippen LogP) is 4.02. The summed E-state index contributed by atoms with van der Waals surface area (Å²) in [5, 5.41) is 3.64. The number of carbonyl (C=O) groups excluding carboxylic acids is 1. The molecule has 5 rings (SSSR count). The van der Waals surface area contributed by atoms with E-state index in [-0.39, 0.29) is 19.0 Å².